The molecule has 1 unspecified atom stereocenters. The van der Waals surface area contributed by atoms with E-state index in [9.17, 15) is 14.9 Å². The number of nitrogens with zero attached hydrogens (tertiary/aromatic N) is 4. The Morgan fingerprint density at radius 2 is 1.69 bits per heavy atom. The van der Waals surface area contributed by atoms with E-state index in [2.05, 4.69) is 15.5 Å². The Morgan fingerprint density at radius 1 is 0.966 bits per heavy atom. The van der Waals surface area contributed by atoms with Crippen molar-refractivity contribution in [3.8, 4) is 11.8 Å². The number of nitriles is 1. The summed E-state index contributed by atoms with van der Waals surface area (Å²) in [6.07, 6.45) is 1.25. The predicted octanol–water partition coefficient (Wildman–Crippen LogP) is 3.38. The number of rotatable bonds is 5. The summed E-state index contributed by atoms with van der Waals surface area (Å²) in [5.74, 6) is -2.94. The van der Waals surface area contributed by atoms with E-state index in [1.807, 2.05) is 48.5 Å². The number of aromatic nitrogens is 3. The van der Waals surface area contributed by atoms with Crippen molar-refractivity contribution >= 4 is 28.2 Å². The summed E-state index contributed by atoms with van der Waals surface area (Å²) in [4.78, 5) is 26.7. The van der Waals surface area contributed by atoms with Crippen LogP contribution in [0.4, 0.5) is 5.69 Å². The largest absolute Gasteiger partial charge is 0.324 e. The summed E-state index contributed by atoms with van der Waals surface area (Å²) >= 11 is 0. The van der Waals surface area contributed by atoms with Crippen molar-refractivity contribution in [1.82, 2.24) is 15.0 Å². The van der Waals surface area contributed by atoms with Crippen molar-refractivity contribution in [2.45, 2.75) is 0 Å². The number of nitrogens with one attached hydrogen (secondary N) is 1. The van der Waals surface area contributed by atoms with Crippen LogP contribution >= 0.6 is 0 Å². The number of ketones is 1. The van der Waals surface area contributed by atoms with Crippen LogP contribution in [0.25, 0.3) is 16.5 Å². The highest BCUT2D eigenvalue weighted by molar-refractivity contribution is 6.16. The average molecular weight is 381 g/mol. The van der Waals surface area contributed by atoms with E-state index in [0.717, 1.165) is 10.8 Å². The third kappa shape index (κ3) is 3.59. The maximum absolute atomic E-state index is 12.7. The zero-order valence-corrected chi connectivity index (χ0v) is 15.2. The minimum atomic E-state index is -1.53. The highest BCUT2D eigenvalue weighted by atomic mass is 16.2. The first-order valence-corrected chi connectivity index (χ1v) is 8.87. The topological polar surface area (TPSA) is 101 Å². The van der Waals surface area contributed by atoms with Gasteiger partial charge in [-0.15, -0.1) is 5.10 Å². The fourth-order valence-electron chi connectivity index (χ4n) is 2.99. The zero-order valence-electron chi connectivity index (χ0n) is 15.2. The number of amides is 1. The Balaban J connectivity index is 1.57. The van der Waals surface area contributed by atoms with Crippen LogP contribution in [0.1, 0.15) is 10.5 Å². The van der Waals surface area contributed by atoms with Crippen LogP contribution in [-0.4, -0.2) is 26.7 Å². The monoisotopic (exact) mass is 381 g/mol. The summed E-state index contributed by atoms with van der Waals surface area (Å²) in [5, 5.41) is 22.1. The number of fused-ring (bicyclic) bond motifs is 1. The first-order valence-electron chi connectivity index (χ1n) is 8.87. The molecular weight excluding hydrogens is 366 g/mol. The third-order valence-electron chi connectivity index (χ3n) is 4.43. The maximum Gasteiger partial charge on any atom is 0.249 e. The zero-order chi connectivity index (χ0) is 20.2. The Morgan fingerprint density at radius 3 is 2.48 bits per heavy atom. The normalized spacial score (nSPS) is 11.6. The highest BCUT2D eigenvalue weighted by Crippen LogP contribution is 2.23. The van der Waals surface area contributed by atoms with E-state index in [-0.39, 0.29) is 5.69 Å². The van der Waals surface area contributed by atoms with Crippen LogP contribution in [0.3, 0.4) is 0 Å². The quantitative estimate of drug-likeness (QED) is 0.422. The molecule has 1 aromatic heterocycles. The van der Waals surface area contributed by atoms with Crippen LogP contribution in [0, 0.1) is 17.2 Å². The molecule has 140 valence electrons. The molecule has 1 atom stereocenters. The second kappa shape index (κ2) is 7.74. The van der Waals surface area contributed by atoms with Gasteiger partial charge in [0.25, 0.3) is 0 Å². The predicted molar refractivity (Wildman–Crippen MR) is 107 cm³/mol. The second-order valence-corrected chi connectivity index (χ2v) is 6.30. The Kier molecular flexibility index (Phi) is 4.82. The molecule has 7 nitrogen and oxygen atoms in total. The van der Waals surface area contributed by atoms with E-state index in [4.69, 9.17) is 0 Å². The first kappa shape index (κ1) is 18.1. The van der Waals surface area contributed by atoms with Gasteiger partial charge in [-0.3, -0.25) is 9.59 Å². The summed E-state index contributed by atoms with van der Waals surface area (Å²) in [5.41, 5.74) is 1.16. The van der Waals surface area contributed by atoms with E-state index in [1.165, 1.54) is 11.0 Å². The molecule has 0 aliphatic carbocycles. The van der Waals surface area contributed by atoms with Crippen molar-refractivity contribution < 1.29 is 9.59 Å². The van der Waals surface area contributed by atoms with E-state index >= 15 is 0 Å². The molecule has 0 fully saturated rings. The Hall–Kier alpha value is -4.31. The van der Waals surface area contributed by atoms with Crippen molar-refractivity contribution in [3.05, 3.63) is 84.7 Å². The van der Waals surface area contributed by atoms with Gasteiger partial charge in [0.05, 0.1) is 18.0 Å². The molecule has 29 heavy (non-hydrogen) atoms. The molecule has 0 aliphatic rings. The van der Waals surface area contributed by atoms with Gasteiger partial charge < -0.3 is 5.32 Å². The maximum atomic E-state index is 12.7. The number of benzene rings is 3. The molecule has 1 heterocycles. The minimum absolute atomic E-state index is 0.0477. The number of hydrogen-bond donors (Lipinski definition) is 1. The average Bonchev–Trinajstić information content (AvgIpc) is 3.25. The molecule has 1 N–H and O–H groups in total. The molecular formula is C22H15N5O2. The van der Waals surface area contributed by atoms with E-state index in [0.29, 0.717) is 11.4 Å². The number of para-hydroxylation sites is 1. The Labute approximate surface area is 166 Å². The minimum Gasteiger partial charge on any atom is -0.324 e. The first-order chi connectivity index (χ1) is 14.2. The fourth-order valence-corrected chi connectivity index (χ4v) is 2.99. The lowest BCUT2D eigenvalue weighted by Crippen LogP contribution is -2.29. The number of carbonyl (C=O) groups excluding carboxylic acids is 2. The molecule has 0 saturated heterocycles. The van der Waals surface area contributed by atoms with Gasteiger partial charge in [0.15, 0.2) is 11.6 Å². The lowest BCUT2D eigenvalue weighted by molar-refractivity contribution is -0.117. The van der Waals surface area contributed by atoms with Crippen LogP contribution in [0.2, 0.25) is 0 Å². The van der Waals surface area contributed by atoms with Crippen LogP contribution in [-0.2, 0) is 4.79 Å². The number of hydrogen-bond acceptors (Lipinski definition) is 5. The fraction of sp³-hybridized carbons (Fsp3) is 0.0455. The molecule has 0 aliphatic heterocycles. The van der Waals surface area contributed by atoms with Gasteiger partial charge in [0.1, 0.15) is 0 Å². The van der Waals surface area contributed by atoms with E-state index < -0.39 is 17.6 Å². The molecule has 4 rings (SSSR count). The van der Waals surface area contributed by atoms with E-state index in [1.54, 1.807) is 30.3 Å². The molecule has 4 aromatic rings. The molecule has 0 bridgehead atoms. The number of Topliss-reactive ketones (excluding diaryl/α,β-unsaturated/α-hetero) is 1. The SMILES string of the molecule is N#CC(C(=O)Nc1cccc2ccccc12)C(=O)c1cnn(-c2ccccc2)n1. The van der Waals surface area contributed by atoms with Crippen molar-refractivity contribution in [2.75, 3.05) is 5.32 Å². The lowest BCUT2D eigenvalue weighted by atomic mass is 10.0. The lowest BCUT2D eigenvalue weighted by Gasteiger charge is -2.11. The van der Waals surface area contributed by atoms with Crippen LogP contribution in [0.5, 0.6) is 0 Å². The van der Waals surface area contributed by atoms with Gasteiger partial charge in [-0.2, -0.15) is 15.2 Å². The van der Waals surface area contributed by atoms with Crippen molar-refractivity contribution in [2.24, 2.45) is 5.92 Å². The molecule has 3 aromatic carbocycles. The molecule has 7 heteroatoms. The third-order valence-corrected chi connectivity index (χ3v) is 4.43. The van der Waals surface area contributed by atoms with Gasteiger partial charge in [0.2, 0.25) is 11.7 Å². The summed E-state index contributed by atoms with van der Waals surface area (Å²) < 4.78 is 0. The molecule has 0 spiro atoms. The van der Waals surface area contributed by atoms with Gasteiger partial charge >= 0.3 is 0 Å². The van der Waals surface area contributed by atoms with Crippen molar-refractivity contribution in [3.63, 3.8) is 0 Å². The summed E-state index contributed by atoms with van der Waals surface area (Å²) in [6, 6.07) is 23.8. The number of carbonyl (C=O) groups is 2. The Bertz CT molecular complexity index is 1240. The van der Waals surface area contributed by atoms with Gasteiger partial charge in [-0.05, 0) is 23.6 Å². The highest BCUT2D eigenvalue weighted by Gasteiger charge is 2.30. The van der Waals surface area contributed by atoms with Crippen LogP contribution < -0.4 is 5.32 Å². The standard InChI is InChI=1S/C22H15N5O2/c23-13-18(21(28)20-14-24-27(26-20)16-9-2-1-3-10-16)22(29)25-19-12-6-8-15-7-4-5-11-17(15)19/h1-12,14,18H,(H,25,29). The van der Waals surface area contributed by atoms with Gasteiger partial charge in [0, 0.05) is 11.1 Å². The van der Waals surface area contributed by atoms with Crippen molar-refractivity contribution in [1.29, 1.82) is 5.26 Å². The molecule has 1 amide bonds. The smallest absolute Gasteiger partial charge is 0.249 e. The summed E-state index contributed by atoms with van der Waals surface area (Å²) in [6.45, 7) is 0. The van der Waals surface area contributed by atoms with Gasteiger partial charge in [-0.25, -0.2) is 0 Å². The second-order valence-electron chi connectivity index (χ2n) is 6.30. The van der Waals surface area contributed by atoms with Crippen LogP contribution in [0.15, 0.2) is 79.0 Å². The molecule has 0 radical (unpaired) electrons. The number of anilines is 1. The summed E-state index contributed by atoms with van der Waals surface area (Å²) in [7, 11) is 0. The van der Waals surface area contributed by atoms with Gasteiger partial charge in [-0.1, -0.05) is 54.6 Å². The molecule has 0 saturated carbocycles.